The van der Waals surface area contributed by atoms with Gasteiger partial charge < -0.3 is 5.32 Å². The predicted molar refractivity (Wildman–Crippen MR) is 72.2 cm³/mol. The summed E-state index contributed by atoms with van der Waals surface area (Å²) in [6.45, 7) is 7.81. The molecule has 0 aliphatic rings. The molecule has 0 amide bonds. The fourth-order valence-corrected chi connectivity index (χ4v) is 3.04. The summed E-state index contributed by atoms with van der Waals surface area (Å²) in [5.41, 5.74) is 1.56. The Morgan fingerprint density at radius 1 is 1.27 bits per heavy atom. The maximum atomic E-state index is 3.54. The minimum Gasteiger partial charge on any atom is -0.314 e. The van der Waals surface area contributed by atoms with E-state index in [1.807, 2.05) is 0 Å². The van der Waals surface area contributed by atoms with Gasteiger partial charge in [-0.05, 0) is 31.4 Å². The molecule has 1 aromatic carbocycles. The zero-order valence-electron chi connectivity index (χ0n) is 10.4. The molecule has 0 bridgehead atoms. The topological polar surface area (TPSA) is 12.0 Å². The molecule has 0 radical (unpaired) electrons. The van der Waals surface area contributed by atoms with Gasteiger partial charge in [-0.1, -0.05) is 43.3 Å². The molecule has 0 aliphatic carbocycles. The van der Waals surface area contributed by atoms with E-state index in [0.29, 0.717) is 12.0 Å². The van der Waals surface area contributed by atoms with Crippen molar-refractivity contribution in [1.29, 1.82) is 0 Å². The van der Waals surface area contributed by atoms with Crippen molar-refractivity contribution in [2.24, 2.45) is 0 Å². The van der Waals surface area contributed by atoms with Gasteiger partial charge in [0, 0.05) is 16.3 Å². The lowest BCUT2D eigenvalue weighted by atomic mass is 9.90. The maximum absolute atomic E-state index is 3.54. The van der Waals surface area contributed by atoms with E-state index in [0.717, 1.165) is 16.8 Å². The van der Waals surface area contributed by atoms with Crippen LogP contribution < -0.4 is 10.5 Å². The highest BCUT2D eigenvalue weighted by molar-refractivity contribution is 6.33. The normalized spacial score (nSPS) is 15.1. The molecule has 2 heteroatoms. The Hall–Kier alpha value is -0.603. The van der Waals surface area contributed by atoms with Gasteiger partial charge in [-0.3, -0.25) is 0 Å². The van der Waals surface area contributed by atoms with Gasteiger partial charge in [-0.15, -0.1) is 0 Å². The zero-order chi connectivity index (χ0) is 11.3. The molecule has 2 atom stereocenters. The number of hydrogen-bond acceptors (Lipinski definition) is 1. The Morgan fingerprint density at radius 3 is 2.47 bits per heavy atom. The second kappa shape index (κ2) is 6.08. The van der Waals surface area contributed by atoms with Crippen LogP contribution >= 0.6 is 0 Å². The third-order valence-electron chi connectivity index (χ3n) is 3.16. The van der Waals surface area contributed by atoms with E-state index in [2.05, 4.69) is 50.4 Å². The Labute approximate surface area is 96.7 Å². The van der Waals surface area contributed by atoms with Crippen molar-refractivity contribution in [2.45, 2.75) is 39.2 Å². The molecule has 0 heterocycles. The number of benzene rings is 1. The Balaban J connectivity index is 2.87. The molecule has 0 aromatic heterocycles. The first-order chi connectivity index (χ1) is 7.20. The van der Waals surface area contributed by atoms with Gasteiger partial charge in [0.1, 0.15) is 0 Å². The largest absolute Gasteiger partial charge is 0.314 e. The monoisotopic (exact) mass is 221 g/mol. The molecule has 0 saturated carbocycles. The Bertz CT molecular complexity index is 298. The first-order valence-electron chi connectivity index (χ1n) is 5.99. The van der Waals surface area contributed by atoms with Crippen molar-refractivity contribution in [1.82, 2.24) is 5.32 Å². The van der Waals surface area contributed by atoms with Crippen LogP contribution in [0.15, 0.2) is 24.3 Å². The molecule has 0 saturated heterocycles. The van der Waals surface area contributed by atoms with Crippen LogP contribution in [0.25, 0.3) is 0 Å². The number of nitrogens with one attached hydrogen (secondary N) is 1. The van der Waals surface area contributed by atoms with Crippen LogP contribution in [0.2, 0.25) is 0 Å². The number of likely N-dealkylation sites (N-methyl/N-ethyl adjacent to an activating group) is 1. The lowest BCUT2D eigenvalue weighted by Gasteiger charge is -2.25. The van der Waals surface area contributed by atoms with Crippen LogP contribution in [-0.4, -0.2) is 22.8 Å². The second-order valence-electron chi connectivity index (χ2n) is 4.22. The quantitative estimate of drug-likeness (QED) is 0.736. The molecule has 0 spiro atoms. The molecular weight excluding hydrogens is 198 g/mol. The van der Waals surface area contributed by atoms with E-state index in [4.69, 9.17) is 0 Å². The van der Waals surface area contributed by atoms with E-state index in [1.165, 1.54) is 6.42 Å². The Morgan fingerprint density at radius 2 is 1.93 bits per heavy atom. The molecule has 84 valence electrons. The van der Waals surface area contributed by atoms with Crippen LogP contribution in [0.1, 0.15) is 38.7 Å². The minimum atomic E-state index is 0.579. The van der Waals surface area contributed by atoms with Crippen molar-refractivity contribution >= 4 is 15.4 Å². The van der Waals surface area contributed by atoms with Crippen molar-refractivity contribution in [3.63, 3.8) is 0 Å². The minimum absolute atomic E-state index is 0.579. The SMILES string of the molecule is CCNC(C)C(CC)c1ccccc1[SiH3]. The highest BCUT2D eigenvalue weighted by Crippen LogP contribution is 2.21. The molecule has 1 N–H and O–H groups in total. The van der Waals surface area contributed by atoms with Gasteiger partial charge in [-0.25, -0.2) is 0 Å². The van der Waals surface area contributed by atoms with E-state index >= 15 is 0 Å². The third kappa shape index (κ3) is 3.18. The summed E-state index contributed by atoms with van der Waals surface area (Å²) in [6.07, 6.45) is 1.22. The average Bonchev–Trinajstić information content (AvgIpc) is 2.22. The summed E-state index contributed by atoms with van der Waals surface area (Å²) < 4.78 is 0. The molecule has 0 fully saturated rings. The van der Waals surface area contributed by atoms with Crippen LogP contribution in [0.4, 0.5) is 0 Å². The molecule has 1 rings (SSSR count). The zero-order valence-corrected chi connectivity index (χ0v) is 12.4. The van der Waals surface area contributed by atoms with Crippen LogP contribution in [0, 0.1) is 0 Å². The molecular formula is C13H23NSi. The fourth-order valence-electron chi connectivity index (χ4n) is 2.31. The highest BCUT2D eigenvalue weighted by Gasteiger charge is 2.17. The van der Waals surface area contributed by atoms with E-state index in [9.17, 15) is 0 Å². The van der Waals surface area contributed by atoms with Gasteiger partial charge in [0.15, 0.2) is 0 Å². The van der Waals surface area contributed by atoms with E-state index in [-0.39, 0.29) is 0 Å². The lowest BCUT2D eigenvalue weighted by Crippen LogP contribution is -2.34. The number of hydrogen-bond donors (Lipinski definition) is 1. The van der Waals surface area contributed by atoms with E-state index in [1.54, 1.807) is 10.8 Å². The first-order valence-corrected chi connectivity index (χ1v) is 6.99. The second-order valence-corrected chi connectivity index (χ2v) is 5.30. The third-order valence-corrected chi connectivity index (χ3v) is 4.07. The molecule has 15 heavy (non-hydrogen) atoms. The van der Waals surface area contributed by atoms with E-state index < -0.39 is 0 Å². The maximum Gasteiger partial charge on any atom is 0.0388 e. The summed E-state index contributed by atoms with van der Waals surface area (Å²) in [5.74, 6) is 0.665. The Kier molecular flexibility index (Phi) is 5.06. The highest BCUT2D eigenvalue weighted by atomic mass is 28.1. The van der Waals surface area contributed by atoms with Crippen LogP contribution in [0.5, 0.6) is 0 Å². The van der Waals surface area contributed by atoms with Gasteiger partial charge in [0.2, 0.25) is 0 Å². The summed E-state index contributed by atoms with van der Waals surface area (Å²) in [7, 11) is 1.15. The van der Waals surface area contributed by atoms with Crippen LogP contribution in [-0.2, 0) is 0 Å². The molecule has 2 unspecified atom stereocenters. The molecule has 1 aromatic rings. The van der Waals surface area contributed by atoms with Crippen LogP contribution in [0.3, 0.4) is 0 Å². The van der Waals surface area contributed by atoms with Gasteiger partial charge in [0.05, 0.1) is 0 Å². The summed E-state index contributed by atoms with van der Waals surface area (Å²) in [6, 6.07) is 9.46. The fraction of sp³-hybridized carbons (Fsp3) is 0.538. The van der Waals surface area contributed by atoms with Gasteiger partial charge in [0.25, 0.3) is 0 Å². The smallest absolute Gasteiger partial charge is 0.0388 e. The first kappa shape index (κ1) is 12.5. The standard InChI is InChI=1S/C13H23NSi/c1-4-11(10(3)14-5-2)12-8-6-7-9-13(12)15/h6-11,14H,4-5H2,1-3,15H3. The van der Waals surface area contributed by atoms with Crippen molar-refractivity contribution in [2.75, 3.05) is 6.54 Å². The summed E-state index contributed by atoms with van der Waals surface area (Å²) >= 11 is 0. The summed E-state index contributed by atoms with van der Waals surface area (Å²) in [5, 5.41) is 5.09. The lowest BCUT2D eigenvalue weighted by molar-refractivity contribution is 0.462. The molecule has 1 nitrogen and oxygen atoms in total. The average molecular weight is 221 g/mol. The number of rotatable bonds is 5. The van der Waals surface area contributed by atoms with Gasteiger partial charge >= 0.3 is 0 Å². The predicted octanol–water partition coefficient (Wildman–Crippen LogP) is 1.17. The van der Waals surface area contributed by atoms with Gasteiger partial charge in [-0.2, -0.15) is 0 Å². The van der Waals surface area contributed by atoms with Crippen molar-refractivity contribution < 1.29 is 0 Å². The summed E-state index contributed by atoms with van der Waals surface area (Å²) in [4.78, 5) is 0. The van der Waals surface area contributed by atoms with Crippen molar-refractivity contribution in [3.05, 3.63) is 29.8 Å². The van der Waals surface area contributed by atoms with Crippen molar-refractivity contribution in [3.8, 4) is 0 Å². The molecule has 0 aliphatic heterocycles.